The van der Waals surface area contributed by atoms with Crippen LogP contribution in [-0.2, 0) is 13.5 Å². The zero-order valence-electron chi connectivity index (χ0n) is 8.79. The fraction of sp³-hybridized carbons (Fsp3) is 0.182. The van der Waals surface area contributed by atoms with E-state index in [0.29, 0.717) is 12.0 Å². The number of aromatic nitrogens is 3. The van der Waals surface area contributed by atoms with Crippen LogP contribution in [0.1, 0.15) is 21.7 Å². The van der Waals surface area contributed by atoms with Gasteiger partial charge in [-0.3, -0.25) is 4.68 Å². The van der Waals surface area contributed by atoms with E-state index in [2.05, 4.69) is 10.1 Å². The minimum atomic E-state index is -0.912. The highest BCUT2D eigenvalue weighted by Crippen LogP contribution is 2.08. The first kappa shape index (κ1) is 10.4. The fourth-order valence-corrected chi connectivity index (χ4v) is 1.43. The van der Waals surface area contributed by atoms with Crippen LogP contribution in [0.15, 0.2) is 30.6 Å². The monoisotopic (exact) mass is 217 g/mol. The number of hydrogen-bond acceptors (Lipinski definition) is 3. The van der Waals surface area contributed by atoms with E-state index in [0.717, 1.165) is 11.4 Å². The predicted molar refractivity (Wildman–Crippen MR) is 57.2 cm³/mol. The number of nitrogens with zero attached hydrogens (tertiary/aromatic N) is 3. The van der Waals surface area contributed by atoms with Crippen molar-refractivity contribution in [3.8, 4) is 0 Å². The van der Waals surface area contributed by atoms with Gasteiger partial charge in [0.1, 0.15) is 12.2 Å². The van der Waals surface area contributed by atoms with Crippen molar-refractivity contribution in [1.82, 2.24) is 14.8 Å². The molecule has 0 aliphatic heterocycles. The number of carboxylic acids is 1. The quantitative estimate of drug-likeness (QED) is 0.836. The molecule has 1 aromatic heterocycles. The lowest BCUT2D eigenvalue weighted by molar-refractivity contribution is 0.0697. The van der Waals surface area contributed by atoms with Gasteiger partial charge in [-0.1, -0.05) is 12.1 Å². The summed E-state index contributed by atoms with van der Waals surface area (Å²) in [7, 11) is 1.83. The largest absolute Gasteiger partial charge is 0.478 e. The summed E-state index contributed by atoms with van der Waals surface area (Å²) in [5, 5.41) is 12.7. The van der Waals surface area contributed by atoms with Gasteiger partial charge in [-0.2, -0.15) is 5.10 Å². The Balaban J connectivity index is 2.17. The first-order valence-electron chi connectivity index (χ1n) is 4.82. The molecule has 0 saturated heterocycles. The van der Waals surface area contributed by atoms with Crippen LogP contribution in [0.2, 0.25) is 0 Å². The first-order valence-corrected chi connectivity index (χ1v) is 4.82. The summed E-state index contributed by atoms with van der Waals surface area (Å²) < 4.78 is 1.70. The average molecular weight is 217 g/mol. The van der Waals surface area contributed by atoms with Crippen LogP contribution < -0.4 is 0 Å². The maximum Gasteiger partial charge on any atom is 0.335 e. The van der Waals surface area contributed by atoms with E-state index in [1.165, 1.54) is 6.33 Å². The van der Waals surface area contributed by atoms with Crippen LogP contribution >= 0.6 is 0 Å². The van der Waals surface area contributed by atoms with Gasteiger partial charge in [0.25, 0.3) is 0 Å². The van der Waals surface area contributed by atoms with Crippen LogP contribution in [0.4, 0.5) is 0 Å². The lowest BCUT2D eigenvalue weighted by Crippen LogP contribution is -2.01. The average Bonchev–Trinajstić information content (AvgIpc) is 2.65. The highest BCUT2D eigenvalue weighted by Gasteiger charge is 2.04. The number of rotatable bonds is 3. The van der Waals surface area contributed by atoms with Crippen molar-refractivity contribution in [3.05, 3.63) is 47.5 Å². The predicted octanol–water partition coefficient (Wildman–Crippen LogP) is 1.10. The van der Waals surface area contributed by atoms with E-state index < -0.39 is 5.97 Å². The Morgan fingerprint density at radius 1 is 1.38 bits per heavy atom. The third kappa shape index (κ3) is 2.08. The van der Waals surface area contributed by atoms with Crippen molar-refractivity contribution in [2.24, 2.45) is 7.05 Å². The van der Waals surface area contributed by atoms with Crippen molar-refractivity contribution in [3.63, 3.8) is 0 Å². The summed E-state index contributed by atoms with van der Waals surface area (Å²) >= 11 is 0. The van der Waals surface area contributed by atoms with Crippen LogP contribution in [0.3, 0.4) is 0 Å². The van der Waals surface area contributed by atoms with E-state index in [9.17, 15) is 4.79 Å². The summed E-state index contributed by atoms with van der Waals surface area (Å²) in [5.41, 5.74) is 1.31. The molecule has 2 aromatic rings. The molecule has 0 radical (unpaired) electrons. The van der Waals surface area contributed by atoms with Gasteiger partial charge in [0.05, 0.1) is 5.56 Å². The molecule has 0 amide bonds. The normalized spacial score (nSPS) is 10.3. The Morgan fingerprint density at radius 2 is 2.06 bits per heavy atom. The van der Waals surface area contributed by atoms with Crippen LogP contribution in [-0.4, -0.2) is 25.8 Å². The van der Waals surface area contributed by atoms with Gasteiger partial charge in [-0.25, -0.2) is 9.78 Å². The summed E-state index contributed by atoms with van der Waals surface area (Å²) in [4.78, 5) is 14.8. The van der Waals surface area contributed by atoms with E-state index in [1.807, 2.05) is 7.05 Å². The number of carbonyl (C=O) groups is 1. The maximum atomic E-state index is 10.7. The van der Waals surface area contributed by atoms with E-state index in [4.69, 9.17) is 5.11 Å². The molecular weight excluding hydrogens is 206 g/mol. The molecule has 1 heterocycles. The van der Waals surface area contributed by atoms with Crippen molar-refractivity contribution in [1.29, 1.82) is 0 Å². The Labute approximate surface area is 92.4 Å². The lowest BCUT2D eigenvalue weighted by atomic mass is 10.1. The second-order valence-electron chi connectivity index (χ2n) is 3.48. The minimum absolute atomic E-state index is 0.293. The zero-order valence-corrected chi connectivity index (χ0v) is 8.79. The summed E-state index contributed by atoms with van der Waals surface area (Å²) in [5.74, 6) is -0.0618. The second-order valence-corrected chi connectivity index (χ2v) is 3.48. The van der Waals surface area contributed by atoms with E-state index in [1.54, 1.807) is 28.9 Å². The molecule has 0 spiro atoms. The van der Waals surface area contributed by atoms with Crippen molar-refractivity contribution >= 4 is 5.97 Å². The van der Waals surface area contributed by atoms with E-state index >= 15 is 0 Å². The molecule has 0 fully saturated rings. The molecule has 1 N–H and O–H groups in total. The number of hydrogen-bond donors (Lipinski definition) is 1. The summed E-state index contributed by atoms with van der Waals surface area (Å²) in [6.07, 6.45) is 2.15. The molecule has 0 aliphatic carbocycles. The minimum Gasteiger partial charge on any atom is -0.478 e. The molecule has 0 unspecified atom stereocenters. The highest BCUT2D eigenvalue weighted by molar-refractivity contribution is 5.87. The highest BCUT2D eigenvalue weighted by atomic mass is 16.4. The first-order chi connectivity index (χ1) is 7.66. The molecular formula is C11H11N3O2. The lowest BCUT2D eigenvalue weighted by Gasteiger charge is -2.01. The molecule has 16 heavy (non-hydrogen) atoms. The smallest absolute Gasteiger partial charge is 0.335 e. The Bertz CT molecular complexity index is 502. The van der Waals surface area contributed by atoms with Gasteiger partial charge in [-0.05, 0) is 17.7 Å². The molecule has 82 valence electrons. The van der Waals surface area contributed by atoms with Crippen LogP contribution in [0.25, 0.3) is 0 Å². The molecule has 0 atom stereocenters. The van der Waals surface area contributed by atoms with Gasteiger partial charge in [0, 0.05) is 13.5 Å². The molecule has 5 nitrogen and oxygen atoms in total. The Kier molecular flexibility index (Phi) is 2.68. The molecule has 1 aromatic carbocycles. The van der Waals surface area contributed by atoms with Crippen LogP contribution in [0, 0.1) is 0 Å². The molecule has 0 aliphatic rings. The van der Waals surface area contributed by atoms with Gasteiger partial charge >= 0.3 is 5.97 Å². The topological polar surface area (TPSA) is 68.0 Å². The molecule has 0 bridgehead atoms. The maximum absolute atomic E-state index is 10.7. The summed E-state index contributed by atoms with van der Waals surface area (Å²) in [6, 6.07) is 6.76. The van der Waals surface area contributed by atoms with Crippen LogP contribution in [0.5, 0.6) is 0 Å². The zero-order chi connectivity index (χ0) is 11.5. The summed E-state index contributed by atoms with van der Waals surface area (Å²) in [6.45, 7) is 0. The Hall–Kier alpha value is -2.17. The third-order valence-corrected chi connectivity index (χ3v) is 2.37. The van der Waals surface area contributed by atoms with Gasteiger partial charge in [-0.15, -0.1) is 0 Å². The Morgan fingerprint density at radius 3 is 2.56 bits per heavy atom. The number of aromatic carboxylic acids is 1. The van der Waals surface area contributed by atoms with Gasteiger partial charge in [0.2, 0.25) is 0 Å². The second kappa shape index (κ2) is 4.14. The van der Waals surface area contributed by atoms with Gasteiger partial charge in [0.15, 0.2) is 0 Å². The molecule has 5 heteroatoms. The fourth-order valence-electron chi connectivity index (χ4n) is 1.43. The number of carboxylic acid groups (broad SMARTS) is 1. The van der Waals surface area contributed by atoms with Crippen molar-refractivity contribution < 1.29 is 9.90 Å². The van der Waals surface area contributed by atoms with Crippen molar-refractivity contribution in [2.45, 2.75) is 6.42 Å². The molecule has 2 rings (SSSR count). The SMILES string of the molecule is Cn1ncnc1Cc1ccc(C(=O)O)cc1. The van der Waals surface area contributed by atoms with Gasteiger partial charge < -0.3 is 5.11 Å². The van der Waals surface area contributed by atoms with Crippen molar-refractivity contribution in [2.75, 3.05) is 0 Å². The van der Waals surface area contributed by atoms with E-state index in [-0.39, 0.29) is 0 Å². The molecule has 0 saturated carbocycles. The standard InChI is InChI=1S/C11H11N3O2/c1-14-10(12-7-13-14)6-8-2-4-9(5-3-8)11(15)16/h2-5,7H,6H2,1H3,(H,15,16). The number of benzene rings is 1. The third-order valence-electron chi connectivity index (χ3n) is 2.37. The number of aryl methyl sites for hydroxylation is 1.